The van der Waals surface area contributed by atoms with Gasteiger partial charge in [-0.1, -0.05) is 50.2 Å². The highest BCUT2D eigenvalue weighted by atomic mass is 32.2. The van der Waals surface area contributed by atoms with Crippen molar-refractivity contribution in [3.8, 4) is 0 Å². The number of carbonyl (C=O) groups excluding carboxylic acids is 3. The van der Waals surface area contributed by atoms with Crippen LogP contribution in [0.2, 0.25) is 0 Å². The van der Waals surface area contributed by atoms with Crippen LogP contribution in [-0.4, -0.2) is 78.2 Å². The molecule has 11 nitrogen and oxygen atoms in total. The molecule has 2 saturated heterocycles. The van der Waals surface area contributed by atoms with Crippen molar-refractivity contribution >= 4 is 27.9 Å². The second-order valence-electron chi connectivity index (χ2n) is 10.7. The molecule has 37 heavy (non-hydrogen) atoms. The molecule has 2 aromatic rings. The fraction of sp³-hybridized carbons (Fsp3) is 0.520. The molecule has 1 N–H and O–H groups in total. The summed E-state index contributed by atoms with van der Waals surface area (Å²) in [5, 5.41) is 6.45. The third kappa shape index (κ3) is 4.75. The van der Waals surface area contributed by atoms with E-state index in [-0.39, 0.29) is 47.9 Å². The van der Waals surface area contributed by atoms with E-state index < -0.39 is 40.0 Å². The largest absolute Gasteiger partial charge is 0.360 e. The zero-order valence-corrected chi connectivity index (χ0v) is 22.8. The minimum Gasteiger partial charge on any atom is -0.360 e. The first-order chi connectivity index (χ1) is 17.2. The van der Waals surface area contributed by atoms with Gasteiger partial charge in [-0.15, -0.1) is 0 Å². The Morgan fingerprint density at radius 2 is 1.68 bits per heavy atom. The fourth-order valence-electron chi connectivity index (χ4n) is 4.72. The van der Waals surface area contributed by atoms with Gasteiger partial charge < -0.3 is 14.7 Å². The molecule has 0 aliphatic carbocycles. The van der Waals surface area contributed by atoms with Crippen LogP contribution in [0.25, 0.3) is 0 Å². The first kappa shape index (κ1) is 26.8. The lowest BCUT2D eigenvalue weighted by Crippen LogP contribution is -2.53. The molecule has 2 aliphatic rings. The molecule has 1 aromatic heterocycles. The van der Waals surface area contributed by atoms with Crippen molar-refractivity contribution in [1.82, 2.24) is 24.6 Å². The normalized spacial score (nSPS) is 21.5. The van der Waals surface area contributed by atoms with Crippen molar-refractivity contribution in [2.24, 2.45) is 0 Å². The molecule has 1 atom stereocenters. The van der Waals surface area contributed by atoms with Crippen molar-refractivity contribution in [2.45, 2.75) is 57.4 Å². The summed E-state index contributed by atoms with van der Waals surface area (Å²) in [6.07, 6.45) is 0. The van der Waals surface area contributed by atoms with Crippen LogP contribution >= 0.6 is 0 Å². The van der Waals surface area contributed by atoms with Crippen molar-refractivity contribution in [2.75, 3.05) is 32.7 Å². The molecule has 0 spiro atoms. The number of sulfonamides is 1. The van der Waals surface area contributed by atoms with Gasteiger partial charge in [-0.2, -0.15) is 4.31 Å². The van der Waals surface area contributed by atoms with Crippen LogP contribution in [0.3, 0.4) is 0 Å². The van der Waals surface area contributed by atoms with E-state index >= 15 is 0 Å². The first-order valence-corrected chi connectivity index (χ1v) is 13.6. The quantitative estimate of drug-likeness (QED) is 0.583. The summed E-state index contributed by atoms with van der Waals surface area (Å²) >= 11 is 0. The number of nitrogens with zero attached hydrogens (tertiary/aromatic N) is 4. The Morgan fingerprint density at radius 3 is 2.19 bits per heavy atom. The van der Waals surface area contributed by atoms with Crippen LogP contribution in [0.5, 0.6) is 0 Å². The van der Waals surface area contributed by atoms with Crippen LogP contribution in [0, 0.1) is 13.8 Å². The summed E-state index contributed by atoms with van der Waals surface area (Å²) in [6, 6.07) is 6.87. The van der Waals surface area contributed by atoms with Gasteiger partial charge in [0.15, 0.2) is 5.76 Å². The number of rotatable bonds is 5. The van der Waals surface area contributed by atoms with E-state index in [1.807, 2.05) is 24.3 Å². The number of urea groups is 1. The number of hydrogen-bond donors (Lipinski definition) is 1. The molecule has 2 fully saturated rings. The van der Waals surface area contributed by atoms with Gasteiger partial charge in [0.1, 0.15) is 22.7 Å². The van der Waals surface area contributed by atoms with E-state index in [1.165, 1.54) is 16.1 Å². The molecule has 4 amide bonds. The molecular formula is C25H33N5O6S. The second-order valence-corrected chi connectivity index (χ2v) is 12.6. The Morgan fingerprint density at radius 1 is 1.08 bits per heavy atom. The van der Waals surface area contributed by atoms with E-state index in [0.29, 0.717) is 5.56 Å². The Balaban J connectivity index is 1.41. The van der Waals surface area contributed by atoms with Crippen molar-refractivity contribution in [3.05, 3.63) is 46.8 Å². The third-order valence-corrected chi connectivity index (χ3v) is 9.20. The van der Waals surface area contributed by atoms with Crippen LogP contribution in [-0.2, 0) is 30.6 Å². The zero-order chi connectivity index (χ0) is 27.3. The summed E-state index contributed by atoms with van der Waals surface area (Å²) < 4.78 is 32.3. The molecule has 0 bridgehead atoms. The molecule has 1 aromatic carbocycles. The maximum Gasteiger partial charge on any atom is 0.325 e. The predicted octanol–water partition coefficient (Wildman–Crippen LogP) is 1.89. The summed E-state index contributed by atoms with van der Waals surface area (Å²) in [5.74, 6) is -0.718. The lowest BCUT2D eigenvalue weighted by molar-refractivity contribution is -0.139. The summed E-state index contributed by atoms with van der Waals surface area (Å²) in [5.41, 5.74) is 0.670. The van der Waals surface area contributed by atoms with Gasteiger partial charge in [-0.05, 0) is 37.3 Å². The number of amides is 4. The fourth-order valence-corrected chi connectivity index (χ4v) is 6.44. The highest BCUT2D eigenvalue weighted by Gasteiger charge is 2.50. The smallest absolute Gasteiger partial charge is 0.325 e. The van der Waals surface area contributed by atoms with Crippen LogP contribution in [0.15, 0.2) is 33.7 Å². The molecular weight excluding hydrogens is 498 g/mol. The minimum atomic E-state index is -3.82. The Bertz CT molecular complexity index is 1320. The number of carbonyl (C=O) groups is 3. The van der Waals surface area contributed by atoms with Crippen molar-refractivity contribution in [3.63, 3.8) is 0 Å². The highest BCUT2D eigenvalue weighted by Crippen LogP contribution is 2.31. The van der Waals surface area contributed by atoms with E-state index in [1.54, 1.807) is 13.8 Å². The van der Waals surface area contributed by atoms with E-state index in [4.69, 9.17) is 4.52 Å². The third-order valence-electron chi connectivity index (χ3n) is 7.05. The van der Waals surface area contributed by atoms with Gasteiger partial charge >= 0.3 is 6.03 Å². The maximum atomic E-state index is 13.3. The molecule has 3 heterocycles. The SMILES string of the molecule is Cc1noc(C)c1S(=O)(=O)N1CCN(C(=O)CN2C(=O)N[C@](C)(c3ccc(C(C)(C)C)cc3)C2=O)CC1. The number of imide groups is 1. The number of benzene rings is 1. The van der Waals surface area contributed by atoms with E-state index in [9.17, 15) is 22.8 Å². The topological polar surface area (TPSA) is 133 Å². The molecule has 0 saturated carbocycles. The average molecular weight is 532 g/mol. The Kier molecular flexibility index (Phi) is 6.70. The van der Waals surface area contributed by atoms with E-state index in [0.717, 1.165) is 10.5 Å². The molecule has 12 heteroatoms. The number of nitrogens with one attached hydrogen (secondary N) is 1. The van der Waals surface area contributed by atoms with E-state index in [2.05, 4.69) is 31.2 Å². The Hall–Kier alpha value is -3.25. The summed E-state index contributed by atoms with van der Waals surface area (Å²) in [4.78, 5) is 41.4. The van der Waals surface area contributed by atoms with Gasteiger partial charge in [0.05, 0.1) is 0 Å². The monoisotopic (exact) mass is 531 g/mol. The number of piperazine rings is 1. The molecule has 0 unspecified atom stereocenters. The lowest BCUT2D eigenvalue weighted by Gasteiger charge is -2.34. The molecule has 0 radical (unpaired) electrons. The number of aryl methyl sites for hydroxylation is 2. The van der Waals surface area contributed by atoms with Gasteiger partial charge in [-0.3, -0.25) is 14.5 Å². The second kappa shape index (κ2) is 9.25. The van der Waals surface area contributed by atoms with Crippen molar-refractivity contribution < 1.29 is 27.3 Å². The Labute approximate surface area is 216 Å². The molecule has 2 aliphatic heterocycles. The summed E-state index contributed by atoms with van der Waals surface area (Å²) in [6.45, 7) is 11.0. The van der Waals surface area contributed by atoms with Crippen LogP contribution < -0.4 is 5.32 Å². The zero-order valence-electron chi connectivity index (χ0n) is 22.0. The molecule has 4 rings (SSSR count). The van der Waals surface area contributed by atoms with Crippen molar-refractivity contribution in [1.29, 1.82) is 0 Å². The lowest BCUT2D eigenvalue weighted by atomic mass is 9.84. The van der Waals surface area contributed by atoms with Gasteiger partial charge in [-0.25, -0.2) is 13.2 Å². The van der Waals surface area contributed by atoms with Crippen LogP contribution in [0.1, 0.15) is 50.3 Å². The number of aromatic nitrogens is 1. The van der Waals surface area contributed by atoms with Crippen LogP contribution in [0.4, 0.5) is 4.79 Å². The predicted molar refractivity (Wildman–Crippen MR) is 134 cm³/mol. The van der Waals surface area contributed by atoms with Gasteiger partial charge in [0, 0.05) is 26.2 Å². The molecule has 200 valence electrons. The minimum absolute atomic E-state index is 0.0430. The standard InChI is InChI=1S/C25H33N5O6S/c1-16-21(17(2)36-27-16)37(34,35)29-13-11-28(12-14-29)20(31)15-30-22(32)25(6,26-23(30)33)19-9-7-18(8-10-19)24(3,4)5/h7-10H,11-15H2,1-6H3,(H,26,33)/t25-/m1/s1. The number of hydrogen-bond acceptors (Lipinski definition) is 7. The van der Waals surface area contributed by atoms with Gasteiger partial charge in [0.2, 0.25) is 15.9 Å². The average Bonchev–Trinajstić information content (AvgIpc) is 3.29. The maximum absolute atomic E-state index is 13.3. The first-order valence-electron chi connectivity index (χ1n) is 12.1. The summed E-state index contributed by atoms with van der Waals surface area (Å²) in [7, 11) is -3.82. The highest BCUT2D eigenvalue weighted by molar-refractivity contribution is 7.89. The van der Waals surface area contributed by atoms with Gasteiger partial charge in [0.25, 0.3) is 5.91 Å².